The van der Waals surface area contributed by atoms with Gasteiger partial charge >= 0.3 is 0 Å². The van der Waals surface area contributed by atoms with E-state index in [-0.39, 0.29) is 36.2 Å². The number of carbonyl (C=O) groups excluding carboxylic acids is 2. The summed E-state index contributed by atoms with van der Waals surface area (Å²) in [4.78, 5) is 27.1. The number of benzene rings is 1. The van der Waals surface area contributed by atoms with E-state index in [4.69, 9.17) is 20.3 Å². The van der Waals surface area contributed by atoms with Gasteiger partial charge in [-0.05, 0) is 43.9 Å². The molecule has 0 spiro atoms. The zero-order chi connectivity index (χ0) is 22.0. The van der Waals surface area contributed by atoms with Crippen LogP contribution in [-0.2, 0) is 9.59 Å². The molecule has 1 saturated carbocycles. The topological polar surface area (TPSA) is 97.5 Å². The number of likely N-dealkylation sites (tertiary alicyclic amines) is 1. The van der Waals surface area contributed by atoms with Gasteiger partial charge in [-0.3, -0.25) is 9.59 Å². The van der Waals surface area contributed by atoms with Gasteiger partial charge in [-0.15, -0.1) is 0 Å². The predicted octanol–water partition coefficient (Wildman–Crippen LogP) is 2.01. The van der Waals surface area contributed by atoms with Gasteiger partial charge in [0.1, 0.15) is 0 Å². The Balaban J connectivity index is 1.65. The van der Waals surface area contributed by atoms with Gasteiger partial charge in [0.05, 0.1) is 32.5 Å². The summed E-state index contributed by atoms with van der Waals surface area (Å²) in [6.45, 7) is 1.25. The van der Waals surface area contributed by atoms with Crippen LogP contribution >= 0.6 is 0 Å². The van der Waals surface area contributed by atoms with E-state index >= 15 is 0 Å². The van der Waals surface area contributed by atoms with Gasteiger partial charge in [0.15, 0.2) is 11.5 Å². The van der Waals surface area contributed by atoms with Crippen LogP contribution < -0.4 is 15.2 Å². The smallest absolute Gasteiger partial charge is 0.246 e. The highest BCUT2D eigenvalue weighted by atomic mass is 16.5. The predicted molar refractivity (Wildman–Crippen MR) is 117 cm³/mol. The van der Waals surface area contributed by atoms with Crippen LogP contribution in [0.1, 0.15) is 44.1 Å². The summed E-state index contributed by atoms with van der Waals surface area (Å²) in [6.07, 6.45) is 5.50. The highest BCUT2D eigenvalue weighted by Crippen LogP contribution is 2.40. The lowest BCUT2D eigenvalue weighted by molar-refractivity contribution is -0.143. The lowest BCUT2D eigenvalue weighted by atomic mass is 9.73. The first-order chi connectivity index (χ1) is 15.1. The van der Waals surface area contributed by atoms with Crippen LogP contribution in [0.3, 0.4) is 0 Å². The van der Waals surface area contributed by atoms with E-state index in [2.05, 4.69) is 0 Å². The molecule has 0 unspecified atom stereocenters. The van der Waals surface area contributed by atoms with Crippen molar-refractivity contribution in [3.63, 3.8) is 0 Å². The molecule has 1 aromatic rings. The summed E-state index contributed by atoms with van der Waals surface area (Å²) < 4.78 is 10.9. The number of hydrogen-bond acceptors (Lipinski definition) is 6. The summed E-state index contributed by atoms with van der Waals surface area (Å²) in [5.41, 5.74) is 7.44. The summed E-state index contributed by atoms with van der Waals surface area (Å²) in [5.74, 6) is 1.54. The number of hydrazone groups is 1. The third-order valence-electron chi connectivity index (χ3n) is 6.89. The van der Waals surface area contributed by atoms with E-state index in [1.807, 2.05) is 18.2 Å². The van der Waals surface area contributed by atoms with Crippen molar-refractivity contribution >= 4 is 17.5 Å². The average molecular weight is 429 g/mol. The second-order valence-corrected chi connectivity index (χ2v) is 8.55. The lowest BCUT2D eigenvalue weighted by Gasteiger charge is -2.43. The third kappa shape index (κ3) is 4.13. The Hall–Kier alpha value is -2.61. The molecule has 4 rings (SSSR count). The molecule has 2 N–H and O–H groups in total. The summed E-state index contributed by atoms with van der Waals surface area (Å²) in [6, 6.07) is 5.86. The maximum atomic E-state index is 13.4. The Kier molecular flexibility index (Phi) is 6.46. The molecule has 3 aliphatic rings. The molecular formula is C23H32N4O4. The number of fused-ring (bicyclic) bond motifs is 1. The van der Waals surface area contributed by atoms with Gasteiger partial charge in [-0.2, -0.15) is 5.10 Å². The van der Waals surface area contributed by atoms with Gasteiger partial charge in [0.2, 0.25) is 11.8 Å². The number of nitrogens with zero attached hydrogens (tertiary/aromatic N) is 3. The molecule has 1 aromatic carbocycles. The second-order valence-electron chi connectivity index (χ2n) is 8.55. The second kappa shape index (κ2) is 9.26. The molecule has 8 heteroatoms. The van der Waals surface area contributed by atoms with E-state index < -0.39 is 0 Å². The van der Waals surface area contributed by atoms with Crippen LogP contribution in [0, 0.1) is 11.8 Å². The molecular weight excluding hydrogens is 396 g/mol. The molecule has 2 amide bonds. The minimum Gasteiger partial charge on any atom is -0.493 e. The SMILES string of the molecule is COc1ccc(C2=NN(C3CCN(C(=O)CN)CC3)C(=O)[C@@H]3CCCC[C@H]23)cc1OC. The Bertz CT molecular complexity index is 863. The summed E-state index contributed by atoms with van der Waals surface area (Å²) >= 11 is 0. The fraction of sp³-hybridized carbons (Fsp3) is 0.609. The van der Waals surface area contributed by atoms with Crippen LogP contribution in [0.2, 0.25) is 0 Å². The highest BCUT2D eigenvalue weighted by molar-refractivity contribution is 6.07. The summed E-state index contributed by atoms with van der Waals surface area (Å²) in [5, 5.41) is 6.66. The van der Waals surface area contributed by atoms with Gasteiger partial charge < -0.3 is 20.1 Å². The Morgan fingerprint density at radius 3 is 2.39 bits per heavy atom. The fourth-order valence-corrected chi connectivity index (χ4v) is 5.18. The molecule has 0 bridgehead atoms. The first-order valence-electron chi connectivity index (χ1n) is 11.2. The monoisotopic (exact) mass is 428 g/mol. The highest BCUT2D eigenvalue weighted by Gasteiger charge is 2.43. The molecule has 31 heavy (non-hydrogen) atoms. The molecule has 2 aliphatic heterocycles. The van der Waals surface area contributed by atoms with Crippen LogP contribution in [0.4, 0.5) is 0 Å². The number of methoxy groups -OCH3 is 2. The fourth-order valence-electron chi connectivity index (χ4n) is 5.18. The van der Waals surface area contributed by atoms with E-state index in [1.165, 1.54) is 0 Å². The molecule has 8 nitrogen and oxygen atoms in total. The number of carbonyl (C=O) groups is 2. The molecule has 2 atom stereocenters. The molecule has 0 aromatic heterocycles. The maximum Gasteiger partial charge on any atom is 0.246 e. The van der Waals surface area contributed by atoms with Crippen molar-refractivity contribution in [3.8, 4) is 11.5 Å². The average Bonchev–Trinajstić information content (AvgIpc) is 2.83. The molecule has 1 aliphatic carbocycles. The molecule has 1 saturated heterocycles. The van der Waals surface area contributed by atoms with E-state index in [1.54, 1.807) is 24.1 Å². The van der Waals surface area contributed by atoms with E-state index in [9.17, 15) is 9.59 Å². The number of nitrogens with two attached hydrogens (primary N) is 1. The van der Waals surface area contributed by atoms with Gasteiger partial charge in [-0.25, -0.2) is 5.01 Å². The van der Waals surface area contributed by atoms with Crippen molar-refractivity contribution in [2.45, 2.75) is 44.6 Å². The third-order valence-corrected chi connectivity index (χ3v) is 6.89. The standard InChI is InChI=1S/C23H32N4O4/c1-30-19-8-7-15(13-20(19)31-2)22-17-5-3-4-6-18(17)23(29)27(25-22)16-9-11-26(12-10-16)21(28)14-24/h7-8,13,16-18H,3-6,9-12,14,24H2,1-2H3/t17-,18+/m0/s1. The molecule has 2 fully saturated rings. The van der Waals surface area contributed by atoms with Gasteiger partial charge in [-0.1, -0.05) is 12.8 Å². The first kappa shape index (κ1) is 21.6. The summed E-state index contributed by atoms with van der Waals surface area (Å²) in [7, 11) is 3.25. The van der Waals surface area contributed by atoms with Crippen molar-refractivity contribution in [2.75, 3.05) is 33.9 Å². The molecule has 2 heterocycles. The zero-order valence-corrected chi connectivity index (χ0v) is 18.4. The minimum atomic E-state index is -0.0368. The molecule has 0 radical (unpaired) electrons. The maximum absolute atomic E-state index is 13.4. The number of ether oxygens (including phenoxy) is 2. The van der Waals surface area contributed by atoms with Crippen molar-refractivity contribution in [3.05, 3.63) is 23.8 Å². The van der Waals surface area contributed by atoms with Crippen LogP contribution in [0.15, 0.2) is 23.3 Å². The number of rotatable bonds is 5. The Labute approximate surface area is 183 Å². The quantitative estimate of drug-likeness (QED) is 0.774. The Morgan fingerprint density at radius 1 is 1.06 bits per heavy atom. The number of hydrogen-bond donors (Lipinski definition) is 1. The Morgan fingerprint density at radius 2 is 1.74 bits per heavy atom. The van der Waals surface area contributed by atoms with Gasteiger partial charge in [0.25, 0.3) is 0 Å². The zero-order valence-electron chi connectivity index (χ0n) is 18.4. The first-order valence-corrected chi connectivity index (χ1v) is 11.2. The number of amides is 2. The van der Waals surface area contributed by atoms with Crippen LogP contribution in [-0.4, -0.2) is 67.3 Å². The van der Waals surface area contributed by atoms with Crippen LogP contribution in [0.5, 0.6) is 11.5 Å². The van der Waals surface area contributed by atoms with Crippen molar-refractivity contribution in [1.82, 2.24) is 9.91 Å². The largest absolute Gasteiger partial charge is 0.493 e. The van der Waals surface area contributed by atoms with E-state index in [0.717, 1.165) is 49.8 Å². The number of piperidine rings is 1. The molecule has 168 valence electrons. The van der Waals surface area contributed by atoms with Crippen molar-refractivity contribution in [2.24, 2.45) is 22.7 Å². The van der Waals surface area contributed by atoms with Gasteiger partial charge in [0, 0.05) is 30.5 Å². The van der Waals surface area contributed by atoms with E-state index in [0.29, 0.717) is 24.6 Å². The van der Waals surface area contributed by atoms with Crippen molar-refractivity contribution in [1.29, 1.82) is 0 Å². The minimum absolute atomic E-state index is 0.00680. The van der Waals surface area contributed by atoms with Crippen LogP contribution in [0.25, 0.3) is 0 Å². The lowest BCUT2D eigenvalue weighted by Crippen LogP contribution is -2.53. The van der Waals surface area contributed by atoms with Crippen molar-refractivity contribution < 1.29 is 19.1 Å². The normalized spacial score (nSPS) is 24.5.